The molecule has 0 radical (unpaired) electrons. The minimum atomic E-state index is -0.443. The van der Waals surface area contributed by atoms with Crippen molar-refractivity contribution in [1.29, 1.82) is 0 Å². The SMILES string of the molecule is O=C(Nc1ncnc2c1CCC2)c1cc2cc([N+](=O)[O-])ccc2s1. The smallest absolute Gasteiger partial charge is 0.270 e. The molecule has 120 valence electrons. The van der Waals surface area contributed by atoms with Gasteiger partial charge in [0.1, 0.15) is 12.1 Å². The van der Waals surface area contributed by atoms with Crippen molar-refractivity contribution in [2.75, 3.05) is 5.32 Å². The number of amides is 1. The molecule has 8 heteroatoms. The van der Waals surface area contributed by atoms with Crippen molar-refractivity contribution in [1.82, 2.24) is 9.97 Å². The maximum absolute atomic E-state index is 12.5. The average Bonchev–Trinajstić information content (AvgIpc) is 3.21. The van der Waals surface area contributed by atoms with Gasteiger partial charge in [-0.1, -0.05) is 0 Å². The van der Waals surface area contributed by atoms with E-state index in [0.717, 1.165) is 35.2 Å². The summed E-state index contributed by atoms with van der Waals surface area (Å²) >= 11 is 1.30. The fourth-order valence-corrected chi connectivity index (χ4v) is 3.83. The fourth-order valence-electron chi connectivity index (χ4n) is 2.89. The molecule has 0 spiro atoms. The van der Waals surface area contributed by atoms with Crippen LogP contribution in [0, 0.1) is 10.1 Å². The molecule has 1 aliphatic rings. The van der Waals surface area contributed by atoms with E-state index in [1.54, 1.807) is 12.1 Å². The Morgan fingerprint density at radius 2 is 2.12 bits per heavy atom. The van der Waals surface area contributed by atoms with Gasteiger partial charge in [-0.25, -0.2) is 9.97 Å². The Balaban J connectivity index is 1.64. The Kier molecular flexibility index (Phi) is 3.46. The van der Waals surface area contributed by atoms with Crippen molar-refractivity contribution in [3.05, 3.63) is 56.8 Å². The maximum atomic E-state index is 12.5. The lowest BCUT2D eigenvalue weighted by Crippen LogP contribution is -2.13. The number of nitro benzene ring substituents is 1. The highest BCUT2D eigenvalue weighted by Gasteiger charge is 2.20. The van der Waals surface area contributed by atoms with Crippen molar-refractivity contribution in [3.63, 3.8) is 0 Å². The van der Waals surface area contributed by atoms with E-state index in [1.165, 1.54) is 29.8 Å². The molecule has 2 aromatic heterocycles. The van der Waals surface area contributed by atoms with Gasteiger partial charge >= 0.3 is 0 Å². The number of hydrogen-bond acceptors (Lipinski definition) is 6. The molecule has 0 aliphatic heterocycles. The number of carbonyl (C=O) groups excluding carboxylic acids is 1. The van der Waals surface area contributed by atoms with E-state index in [1.807, 2.05) is 0 Å². The maximum Gasteiger partial charge on any atom is 0.270 e. The first-order chi connectivity index (χ1) is 11.6. The summed E-state index contributed by atoms with van der Waals surface area (Å²) in [6, 6.07) is 6.25. The molecule has 4 rings (SSSR count). The number of anilines is 1. The molecular formula is C16H12N4O3S. The summed E-state index contributed by atoms with van der Waals surface area (Å²) in [5, 5.41) is 14.4. The highest BCUT2D eigenvalue weighted by Crippen LogP contribution is 2.30. The van der Waals surface area contributed by atoms with Crippen LogP contribution in [0.25, 0.3) is 10.1 Å². The number of thiophene rings is 1. The van der Waals surface area contributed by atoms with Gasteiger partial charge < -0.3 is 5.32 Å². The topological polar surface area (TPSA) is 98.0 Å². The number of nitrogens with one attached hydrogen (secondary N) is 1. The first-order valence-electron chi connectivity index (χ1n) is 7.44. The molecule has 1 aliphatic carbocycles. The number of hydrogen-bond donors (Lipinski definition) is 1. The summed E-state index contributed by atoms with van der Waals surface area (Å²) in [6.07, 6.45) is 4.26. The number of nitrogens with zero attached hydrogens (tertiary/aromatic N) is 3. The number of nitro groups is 1. The van der Waals surface area contributed by atoms with Gasteiger partial charge in [0.2, 0.25) is 0 Å². The zero-order valence-electron chi connectivity index (χ0n) is 12.5. The summed E-state index contributed by atoms with van der Waals surface area (Å²) < 4.78 is 0.832. The molecule has 0 unspecified atom stereocenters. The van der Waals surface area contributed by atoms with E-state index in [-0.39, 0.29) is 11.6 Å². The van der Waals surface area contributed by atoms with Crippen LogP contribution in [0.5, 0.6) is 0 Å². The van der Waals surface area contributed by atoms with Gasteiger partial charge in [-0.2, -0.15) is 0 Å². The minimum Gasteiger partial charge on any atom is -0.306 e. The Hall–Kier alpha value is -2.87. The Bertz CT molecular complexity index is 983. The third kappa shape index (κ3) is 2.50. The lowest BCUT2D eigenvalue weighted by molar-refractivity contribution is -0.384. The summed E-state index contributed by atoms with van der Waals surface area (Å²) in [5.41, 5.74) is 2.01. The standard InChI is InChI=1S/C16H12N4O3S/c21-16(19-15-11-2-1-3-12(11)17-8-18-15)14-7-9-6-10(20(22)23)4-5-13(9)24-14/h4-8H,1-3H2,(H,17,18,19,21). The Morgan fingerprint density at radius 1 is 1.25 bits per heavy atom. The molecule has 0 saturated heterocycles. The summed E-state index contributed by atoms with van der Waals surface area (Å²) in [5.74, 6) is 0.303. The van der Waals surface area contributed by atoms with Crippen LogP contribution in [0.1, 0.15) is 27.3 Å². The van der Waals surface area contributed by atoms with Gasteiger partial charge in [-0.05, 0) is 31.4 Å². The Morgan fingerprint density at radius 3 is 2.96 bits per heavy atom. The second kappa shape index (κ2) is 5.64. The highest BCUT2D eigenvalue weighted by atomic mass is 32.1. The van der Waals surface area contributed by atoms with Gasteiger partial charge in [-0.3, -0.25) is 14.9 Å². The lowest BCUT2D eigenvalue weighted by Gasteiger charge is -2.07. The van der Waals surface area contributed by atoms with E-state index in [2.05, 4.69) is 15.3 Å². The van der Waals surface area contributed by atoms with Crippen LogP contribution < -0.4 is 5.32 Å². The lowest BCUT2D eigenvalue weighted by atomic mass is 10.2. The second-order valence-corrected chi connectivity index (χ2v) is 6.63. The zero-order chi connectivity index (χ0) is 16.7. The number of fused-ring (bicyclic) bond motifs is 2. The third-order valence-corrected chi connectivity index (χ3v) is 5.16. The summed E-state index contributed by atoms with van der Waals surface area (Å²) in [6.45, 7) is 0. The van der Waals surface area contributed by atoms with Crippen molar-refractivity contribution in [2.45, 2.75) is 19.3 Å². The molecule has 0 saturated carbocycles. The predicted molar refractivity (Wildman–Crippen MR) is 90.5 cm³/mol. The van der Waals surface area contributed by atoms with E-state index in [9.17, 15) is 14.9 Å². The Labute approximate surface area is 140 Å². The molecule has 1 amide bonds. The first-order valence-corrected chi connectivity index (χ1v) is 8.25. The number of aryl methyl sites for hydroxylation is 1. The van der Waals surface area contributed by atoms with Crippen molar-refractivity contribution in [3.8, 4) is 0 Å². The van der Waals surface area contributed by atoms with Gasteiger partial charge in [0.15, 0.2) is 0 Å². The van der Waals surface area contributed by atoms with E-state index in [4.69, 9.17) is 0 Å². The van der Waals surface area contributed by atoms with Crippen LogP contribution in [0.15, 0.2) is 30.6 Å². The monoisotopic (exact) mass is 340 g/mol. The molecule has 0 fully saturated rings. The number of rotatable bonds is 3. The third-order valence-electron chi connectivity index (χ3n) is 4.04. The second-order valence-electron chi connectivity index (χ2n) is 5.55. The number of benzene rings is 1. The molecule has 2 heterocycles. The predicted octanol–water partition coefficient (Wildman–Crippen LogP) is 3.34. The van der Waals surface area contributed by atoms with Crippen molar-refractivity contribution >= 4 is 38.8 Å². The molecule has 24 heavy (non-hydrogen) atoms. The van der Waals surface area contributed by atoms with Crippen LogP contribution >= 0.6 is 11.3 Å². The van der Waals surface area contributed by atoms with E-state index in [0.29, 0.717) is 16.1 Å². The largest absolute Gasteiger partial charge is 0.306 e. The molecule has 0 bridgehead atoms. The number of aromatic nitrogens is 2. The quantitative estimate of drug-likeness (QED) is 0.582. The van der Waals surface area contributed by atoms with Gasteiger partial charge in [0.05, 0.1) is 9.80 Å². The summed E-state index contributed by atoms with van der Waals surface area (Å²) in [4.78, 5) is 31.8. The van der Waals surface area contributed by atoms with Crippen LogP contribution in [-0.2, 0) is 12.8 Å². The van der Waals surface area contributed by atoms with Crippen molar-refractivity contribution < 1.29 is 9.72 Å². The molecule has 1 aromatic carbocycles. The molecule has 3 aromatic rings. The average molecular weight is 340 g/mol. The molecule has 1 N–H and O–H groups in total. The van der Waals surface area contributed by atoms with Crippen LogP contribution in [0.2, 0.25) is 0 Å². The number of carbonyl (C=O) groups is 1. The fraction of sp³-hybridized carbons (Fsp3) is 0.188. The van der Waals surface area contributed by atoms with Crippen LogP contribution in [0.4, 0.5) is 11.5 Å². The van der Waals surface area contributed by atoms with Gasteiger partial charge in [-0.15, -0.1) is 11.3 Å². The molecule has 7 nitrogen and oxygen atoms in total. The molecule has 0 atom stereocenters. The van der Waals surface area contributed by atoms with Crippen LogP contribution in [0.3, 0.4) is 0 Å². The first kappa shape index (κ1) is 14.7. The minimum absolute atomic E-state index is 0.0147. The van der Waals surface area contributed by atoms with Gasteiger partial charge in [0, 0.05) is 33.5 Å². The van der Waals surface area contributed by atoms with E-state index >= 15 is 0 Å². The summed E-state index contributed by atoms with van der Waals surface area (Å²) in [7, 11) is 0. The van der Waals surface area contributed by atoms with Crippen LogP contribution in [-0.4, -0.2) is 20.8 Å². The number of non-ortho nitro benzene ring substituents is 1. The zero-order valence-corrected chi connectivity index (χ0v) is 13.3. The highest BCUT2D eigenvalue weighted by molar-refractivity contribution is 7.20. The normalized spacial score (nSPS) is 13.0. The van der Waals surface area contributed by atoms with Crippen molar-refractivity contribution in [2.24, 2.45) is 0 Å². The van der Waals surface area contributed by atoms with E-state index < -0.39 is 4.92 Å². The van der Waals surface area contributed by atoms with Gasteiger partial charge in [0.25, 0.3) is 11.6 Å². The molecular weight excluding hydrogens is 328 g/mol.